The van der Waals surface area contributed by atoms with Crippen molar-refractivity contribution in [3.8, 4) is 23.0 Å². The first kappa shape index (κ1) is 18.4. The molecular weight excluding hydrogens is 344 g/mol. The fourth-order valence-corrected chi connectivity index (χ4v) is 2.22. The first-order valence-corrected chi connectivity index (χ1v) is 7.14. The van der Waals surface area contributed by atoms with E-state index in [1.807, 2.05) is 0 Å². The lowest BCUT2D eigenvalue weighted by Gasteiger charge is -2.11. The smallest absolute Gasteiger partial charge is 0.336 e. The Bertz CT molecular complexity index is 940. The zero-order chi connectivity index (χ0) is 19.4. The molecule has 0 atom stereocenters. The van der Waals surface area contributed by atoms with Crippen molar-refractivity contribution in [2.24, 2.45) is 0 Å². The highest BCUT2D eigenvalue weighted by Crippen LogP contribution is 2.38. The van der Waals surface area contributed by atoms with Gasteiger partial charge in [-0.15, -0.1) is 0 Å². The number of benzene rings is 2. The van der Waals surface area contributed by atoms with Crippen LogP contribution in [0.1, 0.15) is 16.7 Å². The van der Waals surface area contributed by atoms with Gasteiger partial charge in [0, 0.05) is 11.6 Å². The molecule has 8 heteroatoms. The minimum Gasteiger partial charge on any atom is -0.504 e. The molecular formula is C18H14O8. The van der Waals surface area contributed by atoms with Gasteiger partial charge in [-0.05, 0) is 41.5 Å². The van der Waals surface area contributed by atoms with E-state index in [1.54, 1.807) is 0 Å². The van der Waals surface area contributed by atoms with Crippen molar-refractivity contribution in [1.82, 2.24) is 0 Å². The molecule has 2 rings (SSSR count). The number of phenols is 4. The molecule has 0 saturated heterocycles. The number of hydrogen-bond acceptors (Lipinski definition) is 6. The van der Waals surface area contributed by atoms with Gasteiger partial charge >= 0.3 is 11.9 Å². The topological polar surface area (TPSA) is 156 Å². The van der Waals surface area contributed by atoms with Gasteiger partial charge in [0.25, 0.3) is 0 Å². The third kappa shape index (κ3) is 3.93. The zero-order valence-corrected chi connectivity index (χ0v) is 13.1. The van der Waals surface area contributed by atoms with Gasteiger partial charge < -0.3 is 30.6 Å². The minimum absolute atomic E-state index is 0.0411. The maximum absolute atomic E-state index is 11.7. The maximum Gasteiger partial charge on any atom is 0.336 e. The Morgan fingerprint density at radius 2 is 1.50 bits per heavy atom. The van der Waals surface area contributed by atoms with Crippen molar-refractivity contribution in [2.45, 2.75) is 0 Å². The lowest BCUT2D eigenvalue weighted by atomic mass is 9.95. The second kappa shape index (κ2) is 7.31. The molecule has 2 aromatic carbocycles. The Morgan fingerprint density at radius 3 is 2.08 bits per heavy atom. The number of rotatable bonds is 5. The van der Waals surface area contributed by atoms with E-state index in [2.05, 4.69) is 0 Å². The van der Waals surface area contributed by atoms with Crippen molar-refractivity contribution in [3.63, 3.8) is 0 Å². The van der Waals surface area contributed by atoms with Gasteiger partial charge in [0.2, 0.25) is 0 Å². The predicted octanol–water partition coefficient (Wildman–Crippen LogP) is 2.23. The van der Waals surface area contributed by atoms with Crippen LogP contribution in [0.15, 0.2) is 36.4 Å². The van der Waals surface area contributed by atoms with Crippen LogP contribution in [0.25, 0.3) is 17.7 Å². The van der Waals surface area contributed by atoms with Crippen LogP contribution in [-0.4, -0.2) is 42.6 Å². The summed E-state index contributed by atoms with van der Waals surface area (Å²) in [5.41, 5.74) is -0.538. The van der Waals surface area contributed by atoms with Crippen molar-refractivity contribution in [2.75, 3.05) is 0 Å². The molecule has 0 unspecified atom stereocenters. The zero-order valence-electron chi connectivity index (χ0n) is 13.1. The summed E-state index contributed by atoms with van der Waals surface area (Å²) in [5.74, 6) is -4.96. The van der Waals surface area contributed by atoms with Crippen LogP contribution in [0.2, 0.25) is 0 Å². The van der Waals surface area contributed by atoms with Crippen LogP contribution in [-0.2, 0) is 9.59 Å². The molecule has 0 fully saturated rings. The molecule has 2 aromatic rings. The minimum atomic E-state index is -1.47. The maximum atomic E-state index is 11.7. The third-order valence-corrected chi connectivity index (χ3v) is 3.40. The second-order valence-electron chi connectivity index (χ2n) is 5.18. The highest BCUT2D eigenvalue weighted by Gasteiger charge is 2.21. The van der Waals surface area contributed by atoms with E-state index < -0.39 is 40.5 Å². The fraction of sp³-hybridized carbons (Fsp3) is 0. The Morgan fingerprint density at radius 1 is 0.846 bits per heavy atom. The van der Waals surface area contributed by atoms with E-state index in [-0.39, 0.29) is 16.7 Å². The normalized spacial score (nSPS) is 11.6. The molecule has 26 heavy (non-hydrogen) atoms. The van der Waals surface area contributed by atoms with E-state index in [0.717, 1.165) is 36.4 Å². The first-order valence-electron chi connectivity index (χ1n) is 7.14. The number of phenolic OH excluding ortho intramolecular Hbond substituents is 4. The van der Waals surface area contributed by atoms with Crippen LogP contribution >= 0.6 is 0 Å². The van der Waals surface area contributed by atoms with E-state index >= 15 is 0 Å². The van der Waals surface area contributed by atoms with Gasteiger partial charge in [-0.1, -0.05) is 12.1 Å². The summed E-state index contributed by atoms with van der Waals surface area (Å²) in [6, 6.07) is 5.91. The van der Waals surface area contributed by atoms with Crippen LogP contribution in [0.3, 0.4) is 0 Å². The van der Waals surface area contributed by atoms with Gasteiger partial charge in [-0.3, -0.25) is 0 Å². The molecule has 0 bridgehead atoms. The average Bonchev–Trinajstić information content (AvgIpc) is 2.57. The summed E-state index contributed by atoms with van der Waals surface area (Å²) < 4.78 is 0. The molecule has 6 N–H and O–H groups in total. The van der Waals surface area contributed by atoms with Crippen LogP contribution in [0, 0.1) is 0 Å². The largest absolute Gasteiger partial charge is 0.504 e. The number of aromatic hydroxyl groups is 4. The quantitative estimate of drug-likeness (QED) is 0.270. The molecule has 0 amide bonds. The number of carbonyl (C=O) groups is 2. The summed E-state index contributed by atoms with van der Waals surface area (Å²) in [4.78, 5) is 22.4. The molecule has 0 aromatic heterocycles. The summed E-state index contributed by atoms with van der Waals surface area (Å²) in [7, 11) is 0. The van der Waals surface area contributed by atoms with E-state index in [4.69, 9.17) is 5.11 Å². The standard InChI is InChI=1S/C18H14O8/c19-12-4-1-9(8-14(12)21)7-11(18(25)26)16-10(3-6-15(22)23)2-5-13(20)17(16)24/h1-8,19-21,24H,(H,22,23)(H,25,26)/b6-3+,11-7-. The van der Waals surface area contributed by atoms with Crippen molar-refractivity contribution >= 4 is 29.7 Å². The molecule has 0 aliphatic carbocycles. The van der Waals surface area contributed by atoms with Crippen LogP contribution in [0.4, 0.5) is 0 Å². The Labute approximate surface area is 146 Å². The summed E-state index contributed by atoms with van der Waals surface area (Å²) in [6.07, 6.45) is 2.91. The molecule has 0 saturated carbocycles. The van der Waals surface area contributed by atoms with E-state index in [1.165, 1.54) is 12.1 Å². The van der Waals surface area contributed by atoms with Gasteiger partial charge in [0.1, 0.15) is 0 Å². The van der Waals surface area contributed by atoms with Gasteiger partial charge in [-0.25, -0.2) is 9.59 Å². The Balaban J connectivity index is 2.72. The predicted molar refractivity (Wildman–Crippen MR) is 91.7 cm³/mol. The highest BCUT2D eigenvalue weighted by molar-refractivity contribution is 6.22. The highest BCUT2D eigenvalue weighted by atomic mass is 16.4. The number of aliphatic carboxylic acids is 2. The summed E-state index contributed by atoms with van der Waals surface area (Å²) >= 11 is 0. The Kier molecular flexibility index (Phi) is 5.17. The third-order valence-electron chi connectivity index (χ3n) is 3.40. The van der Waals surface area contributed by atoms with E-state index in [9.17, 15) is 35.1 Å². The van der Waals surface area contributed by atoms with Crippen molar-refractivity contribution in [1.29, 1.82) is 0 Å². The Hall–Kier alpha value is -3.94. The van der Waals surface area contributed by atoms with Crippen molar-refractivity contribution < 1.29 is 40.2 Å². The molecule has 0 radical (unpaired) electrons. The number of carboxylic acid groups (broad SMARTS) is 2. The van der Waals surface area contributed by atoms with Crippen LogP contribution < -0.4 is 0 Å². The van der Waals surface area contributed by atoms with Gasteiger partial charge in [0.15, 0.2) is 23.0 Å². The summed E-state index contributed by atoms with van der Waals surface area (Å²) in [6.45, 7) is 0. The average molecular weight is 358 g/mol. The SMILES string of the molecule is O=C(O)/C=C/c1ccc(O)c(O)c1/C(=C/c1ccc(O)c(O)c1)C(=O)O. The molecule has 8 nitrogen and oxygen atoms in total. The molecule has 0 heterocycles. The van der Waals surface area contributed by atoms with E-state index in [0.29, 0.717) is 0 Å². The first-order chi connectivity index (χ1) is 12.2. The van der Waals surface area contributed by atoms with Crippen LogP contribution in [0.5, 0.6) is 23.0 Å². The molecule has 134 valence electrons. The second-order valence-corrected chi connectivity index (χ2v) is 5.18. The lowest BCUT2D eigenvalue weighted by molar-refractivity contribution is -0.131. The molecule has 0 aliphatic rings. The molecule has 0 spiro atoms. The lowest BCUT2D eigenvalue weighted by Crippen LogP contribution is -2.02. The fourth-order valence-electron chi connectivity index (χ4n) is 2.22. The number of carboxylic acids is 2. The summed E-state index contributed by atoms with van der Waals surface area (Å²) in [5, 5.41) is 56.9. The van der Waals surface area contributed by atoms with Gasteiger partial charge in [-0.2, -0.15) is 0 Å². The number of hydrogen-bond donors (Lipinski definition) is 6. The monoisotopic (exact) mass is 358 g/mol. The molecule has 0 aliphatic heterocycles. The van der Waals surface area contributed by atoms with Crippen molar-refractivity contribution in [3.05, 3.63) is 53.1 Å². The van der Waals surface area contributed by atoms with Gasteiger partial charge in [0.05, 0.1) is 5.57 Å².